The van der Waals surface area contributed by atoms with Crippen LogP contribution in [0.3, 0.4) is 0 Å². The van der Waals surface area contributed by atoms with E-state index in [0.717, 1.165) is 49.0 Å². The van der Waals surface area contributed by atoms with Crippen LogP contribution >= 0.6 is 0 Å². The van der Waals surface area contributed by atoms with Gasteiger partial charge < -0.3 is 10.1 Å². The lowest BCUT2D eigenvalue weighted by Gasteiger charge is -2.08. The van der Waals surface area contributed by atoms with Crippen LogP contribution in [0.1, 0.15) is 50.1 Å². The molecule has 1 N–H and O–H groups in total. The van der Waals surface area contributed by atoms with Gasteiger partial charge in [0.05, 0.1) is 12.1 Å². The third-order valence-electron chi connectivity index (χ3n) is 4.24. The van der Waals surface area contributed by atoms with Crippen LogP contribution in [0.4, 0.5) is 0 Å². The van der Waals surface area contributed by atoms with E-state index in [-0.39, 0.29) is 5.91 Å². The standard InChI is InChI=1S/C18H31N3O2/c1-13(2)11-21-15(4)17(14(3)20-21)10-18(22)19-8-5-9-23-12-16-6-7-16/h13,16H,5-12H2,1-4H3,(H,19,22). The molecule has 2 rings (SSSR count). The summed E-state index contributed by atoms with van der Waals surface area (Å²) in [4.78, 5) is 12.1. The summed E-state index contributed by atoms with van der Waals surface area (Å²) in [5, 5.41) is 7.55. The first-order chi connectivity index (χ1) is 11.0. The highest BCUT2D eigenvalue weighted by Crippen LogP contribution is 2.28. The number of nitrogens with one attached hydrogen (secondary N) is 1. The first-order valence-electron chi connectivity index (χ1n) is 8.84. The molecule has 1 aromatic heterocycles. The third kappa shape index (κ3) is 5.98. The highest BCUT2D eigenvalue weighted by atomic mass is 16.5. The second-order valence-corrected chi connectivity index (χ2v) is 7.12. The fourth-order valence-electron chi connectivity index (χ4n) is 2.67. The van der Waals surface area contributed by atoms with Gasteiger partial charge in [-0.25, -0.2) is 0 Å². The van der Waals surface area contributed by atoms with Crippen molar-refractivity contribution in [2.24, 2.45) is 11.8 Å². The lowest BCUT2D eigenvalue weighted by Crippen LogP contribution is -2.27. The summed E-state index contributed by atoms with van der Waals surface area (Å²) in [5.41, 5.74) is 3.14. The number of carbonyl (C=O) groups excluding carboxylic acids is 1. The minimum atomic E-state index is 0.0717. The molecule has 5 heteroatoms. The summed E-state index contributed by atoms with van der Waals surface area (Å²) < 4.78 is 7.59. The average Bonchev–Trinajstić information content (AvgIpc) is 3.26. The van der Waals surface area contributed by atoms with Crippen LogP contribution in [0.5, 0.6) is 0 Å². The number of aryl methyl sites for hydroxylation is 1. The summed E-state index contributed by atoms with van der Waals surface area (Å²) >= 11 is 0. The van der Waals surface area contributed by atoms with Gasteiger partial charge in [0.25, 0.3) is 0 Å². The summed E-state index contributed by atoms with van der Waals surface area (Å²) in [6, 6.07) is 0. The van der Waals surface area contributed by atoms with Gasteiger partial charge in [0.1, 0.15) is 0 Å². The van der Waals surface area contributed by atoms with Gasteiger partial charge >= 0.3 is 0 Å². The van der Waals surface area contributed by atoms with Crippen molar-refractivity contribution in [2.75, 3.05) is 19.8 Å². The van der Waals surface area contributed by atoms with Crippen molar-refractivity contribution in [3.63, 3.8) is 0 Å². The average molecular weight is 321 g/mol. The number of nitrogens with zero attached hydrogens (tertiary/aromatic N) is 2. The van der Waals surface area contributed by atoms with Crippen LogP contribution in [0.25, 0.3) is 0 Å². The quantitative estimate of drug-likeness (QED) is 0.674. The van der Waals surface area contributed by atoms with Crippen LogP contribution in [0, 0.1) is 25.7 Å². The molecular formula is C18H31N3O2. The van der Waals surface area contributed by atoms with E-state index < -0.39 is 0 Å². The third-order valence-corrected chi connectivity index (χ3v) is 4.24. The Balaban J connectivity index is 1.70. The van der Waals surface area contributed by atoms with Gasteiger partial charge in [-0.1, -0.05) is 13.8 Å². The van der Waals surface area contributed by atoms with Gasteiger partial charge in [0, 0.05) is 37.6 Å². The van der Waals surface area contributed by atoms with Gasteiger partial charge in [0.2, 0.25) is 5.91 Å². The maximum Gasteiger partial charge on any atom is 0.224 e. The smallest absolute Gasteiger partial charge is 0.224 e. The van der Waals surface area contributed by atoms with Crippen LogP contribution in [0.2, 0.25) is 0 Å². The minimum Gasteiger partial charge on any atom is -0.381 e. The normalized spacial score (nSPS) is 14.5. The molecule has 23 heavy (non-hydrogen) atoms. The molecule has 0 bridgehead atoms. The van der Waals surface area contributed by atoms with Gasteiger partial charge in [-0.3, -0.25) is 9.48 Å². The summed E-state index contributed by atoms with van der Waals surface area (Å²) in [6.45, 7) is 11.6. The molecule has 1 fully saturated rings. The molecule has 0 aliphatic heterocycles. The molecule has 1 aromatic rings. The van der Waals surface area contributed by atoms with Crippen molar-refractivity contribution in [3.05, 3.63) is 17.0 Å². The Hall–Kier alpha value is -1.36. The van der Waals surface area contributed by atoms with Crippen molar-refractivity contribution < 1.29 is 9.53 Å². The highest BCUT2D eigenvalue weighted by molar-refractivity contribution is 5.79. The number of carbonyl (C=O) groups is 1. The number of aromatic nitrogens is 2. The maximum atomic E-state index is 12.1. The summed E-state index contributed by atoms with van der Waals surface area (Å²) in [7, 11) is 0. The van der Waals surface area contributed by atoms with Gasteiger partial charge in [-0.15, -0.1) is 0 Å². The van der Waals surface area contributed by atoms with Crippen molar-refractivity contribution in [1.29, 1.82) is 0 Å². The Morgan fingerprint density at radius 1 is 1.39 bits per heavy atom. The SMILES string of the molecule is Cc1nn(CC(C)C)c(C)c1CC(=O)NCCCOCC1CC1. The summed E-state index contributed by atoms with van der Waals surface area (Å²) in [5.74, 6) is 1.42. The number of ether oxygens (including phenoxy) is 1. The van der Waals surface area contributed by atoms with Crippen molar-refractivity contribution in [2.45, 2.75) is 59.9 Å². The maximum absolute atomic E-state index is 12.1. The van der Waals surface area contributed by atoms with Crippen LogP contribution in [0.15, 0.2) is 0 Å². The molecule has 0 spiro atoms. The Morgan fingerprint density at radius 3 is 2.78 bits per heavy atom. The highest BCUT2D eigenvalue weighted by Gasteiger charge is 2.20. The van der Waals surface area contributed by atoms with E-state index in [1.54, 1.807) is 0 Å². The lowest BCUT2D eigenvalue weighted by atomic mass is 10.1. The zero-order valence-electron chi connectivity index (χ0n) is 15.0. The molecule has 0 saturated heterocycles. The van der Waals surface area contributed by atoms with E-state index in [2.05, 4.69) is 31.2 Å². The van der Waals surface area contributed by atoms with E-state index >= 15 is 0 Å². The molecule has 1 aliphatic rings. The van der Waals surface area contributed by atoms with Crippen LogP contribution in [-0.2, 0) is 22.5 Å². The Kier molecular flexibility index (Phi) is 6.63. The Labute approximate surface area is 139 Å². The van der Waals surface area contributed by atoms with Crippen LogP contribution < -0.4 is 5.32 Å². The second-order valence-electron chi connectivity index (χ2n) is 7.12. The molecule has 0 unspecified atom stereocenters. The predicted molar refractivity (Wildman–Crippen MR) is 91.4 cm³/mol. The molecule has 130 valence electrons. The molecule has 0 radical (unpaired) electrons. The number of hydrogen-bond donors (Lipinski definition) is 1. The van der Waals surface area contributed by atoms with Crippen molar-refractivity contribution in [1.82, 2.24) is 15.1 Å². The van der Waals surface area contributed by atoms with E-state index in [9.17, 15) is 4.79 Å². The molecule has 0 atom stereocenters. The zero-order chi connectivity index (χ0) is 16.8. The Bertz CT molecular complexity index is 519. The molecular weight excluding hydrogens is 290 g/mol. The minimum absolute atomic E-state index is 0.0717. The van der Waals surface area contributed by atoms with E-state index in [0.29, 0.717) is 18.9 Å². The first kappa shape index (κ1) is 18.0. The van der Waals surface area contributed by atoms with E-state index in [4.69, 9.17) is 4.74 Å². The van der Waals surface area contributed by atoms with E-state index in [1.807, 2.05) is 11.6 Å². The number of rotatable bonds is 10. The molecule has 1 saturated carbocycles. The number of amides is 1. The molecule has 5 nitrogen and oxygen atoms in total. The second kappa shape index (κ2) is 8.48. The monoisotopic (exact) mass is 321 g/mol. The predicted octanol–water partition coefficient (Wildman–Crippen LogP) is 2.63. The fraction of sp³-hybridized carbons (Fsp3) is 0.778. The largest absolute Gasteiger partial charge is 0.381 e. The molecule has 1 amide bonds. The summed E-state index contributed by atoms with van der Waals surface area (Å²) in [6.07, 6.45) is 3.93. The number of hydrogen-bond acceptors (Lipinski definition) is 3. The lowest BCUT2D eigenvalue weighted by molar-refractivity contribution is -0.120. The topological polar surface area (TPSA) is 56.2 Å². The molecule has 1 heterocycles. The molecule has 1 aliphatic carbocycles. The first-order valence-corrected chi connectivity index (χ1v) is 8.84. The van der Waals surface area contributed by atoms with Gasteiger partial charge in [-0.05, 0) is 44.9 Å². The molecule has 0 aromatic carbocycles. The zero-order valence-corrected chi connectivity index (χ0v) is 15.0. The van der Waals surface area contributed by atoms with Crippen LogP contribution in [-0.4, -0.2) is 35.4 Å². The van der Waals surface area contributed by atoms with Gasteiger partial charge in [0.15, 0.2) is 0 Å². The van der Waals surface area contributed by atoms with E-state index in [1.165, 1.54) is 12.8 Å². The van der Waals surface area contributed by atoms with Gasteiger partial charge in [-0.2, -0.15) is 5.10 Å². The Morgan fingerprint density at radius 2 is 2.13 bits per heavy atom. The van der Waals surface area contributed by atoms with Crippen molar-refractivity contribution >= 4 is 5.91 Å². The van der Waals surface area contributed by atoms with Crippen molar-refractivity contribution in [3.8, 4) is 0 Å². The fourth-order valence-corrected chi connectivity index (χ4v) is 2.67.